The lowest BCUT2D eigenvalue weighted by molar-refractivity contribution is -0.152. The number of amides is 3. The molecule has 0 aliphatic carbocycles. The number of ether oxygens (including phenoxy) is 1. The van der Waals surface area contributed by atoms with Crippen molar-refractivity contribution in [2.75, 3.05) is 0 Å². The van der Waals surface area contributed by atoms with Gasteiger partial charge in [0, 0.05) is 13.8 Å². The highest BCUT2D eigenvalue weighted by atomic mass is 32.2. The quantitative estimate of drug-likeness (QED) is 0.124. The molecule has 1 saturated heterocycles. The van der Waals surface area contributed by atoms with Crippen molar-refractivity contribution >= 4 is 68.8 Å². The predicted molar refractivity (Wildman–Crippen MR) is 186 cm³/mol. The summed E-state index contributed by atoms with van der Waals surface area (Å²) < 4.78 is 6.10. The van der Waals surface area contributed by atoms with E-state index in [0.717, 1.165) is 32.6 Å². The van der Waals surface area contributed by atoms with Gasteiger partial charge in [0.2, 0.25) is 0 Å². The molecule has 47 heavy (non-hydrogen) atoms. The number of carbonyl (C=O) groups excluding carboxylic acids is 5. The van der Waals surface area contributed by atoms with Gasteiger partial charge < -0.3 is 4.74 Å². The van der Waals surface area contributed by atoms with Crippen LogP contribution >= 0.6 is 18.6 Å². The number of benzene rings is 4. The molecule has 2 atom stereocenters. The van der Waals surface area contributed by atoms with Gasteiger partial charge >= 0.3 is 5.97 Å². The molecule has 2 heterocycles. The summed E-state index contributed by atoms with van der Waals surface area (Å²) in [7, 11) is 0. The number of carbonyl (C=O) groups is 5. The number of thioether (sulfide) groups is 1. The summed E-state index contributed by atoms with van der Waals surface area (Å²) in [5.41, 5.74) is -0.508. The Labute approximate surface area is 277 Å². The highest BCUT2D eigenvalue weighted by molar-refractivity contribution is 8.14. The average Bonchev–Trinajstić information content (AvgIpc) is 3.30. The van der Waals surface area contributed by atoms with E-state index in [0.29, 0.717) is 0 Å². The third kappa shape index (κ3) is 5.53. The van der Waals surface area contributed by atoms with Crippen LogP contribution in [0.4, 0.5) is 0 Å². The van der Waals surface area contributed by atoms with Gasteiger partial charge in [0.15, 0.2) is 5.12 Å². The number of hydrogen-bond donors (Lipinski definition) is 0. The van der Waals surface area contributed by atoms with E-state index in [9.17, 15) is 24.0 Å². The lowest BCUT2D eigenvalue weighted by atomic mass is 10.1. The Hall–Kier alpha value is -4.72. The van der Waals surface area contributed by atoms with Gasteiger partial charge in [-0.15, -0.1) is 0 Å². The van der Waals surface area contributed by atoms with E-state index < -0.39 is 47.6 Å². The molecule has 4 aromatic rings. The van der Waals surface area contributed by atoms with Crippen molar-refractivity contribution < 1.29 is 28.7 Å². The fraction of sp³-hybridized carbons (Fsp3) is 0.189. The number of fused-ring (bicyclic) bond motifs is 1. The monoisotopic (exact) mass is 664 g/mol. The Balaban J connectivity index is 1.69. The first-order valence-corrected chi connectivity index (χ1v) is 17.8. The number of esters is 1. The van der Waals surface area contributed by atoms with Crippen LogP contribution in [0.1, 0.15) is 48.4 Å². The first-order valence-electron chi connectivity index (χ1n) is 15.1. The van der Waals surface area contributed by atoms with Crippen molar-refractivity contribution in [3.63, 3.8) is 0 Å². The van der Waals surface area contributed by atoms with E-state index >= 15 is 0 Å². The third-order valence-electron chi connectivity index (χ3n) is 7.96. The van der Waals surface area contributed by atoms with Crippen LogP contribution < -0.4 is 15.9 Å². The SMILES string of the molecule is CC(=O)S[C@@H]1[C@H](N2C(=O)c3ccccc3C2=O)C(=O)N1C(C(=O)OC(C)(C)C)=P(c1ccccc1)(c1ccccc1)c1ccccc1. The zero-order chi connectivity index (χ0) is 33.5. The van der Waals surface area contributed by atoms with Crippen molar-refractivity contribution in [1.29, 1.82) is 0 Å². The fourth-order valence-corrected chi connectivity index (χ4v) is 11.6. The summed E-state index contributed by atoms with van der Waals surface area (Å²) in [6.07, 6.45) is 0. The third-order valence-corrected chi connectivity index (χ3v) is 13.3. The molecular weight excluding hydrogens is 631 g/mol. The second kappa shape index (κ2) is 12.5. The van der Waals surface area contributed by atoms with E-state index in [1.165, 1.54) is 11.8 Å². The number of nitrogens with zero attached hydrogens (tertiary/aromatic N) is 2. The lowest BCUT2D eigenvalue weighted by Gasteiger charge is -2.51. The second-order valence-corrected chi connectivity index (χ2v) is 16.8. The molecule has 10 heteroatoms. The highest BCUT2D eigenvalue weighted by Crippen LogP contribution is 2.50. The first kappa shape index (κ1) is 32.2. The Morgan fingerprint density at radius 2 is 1.09 bits per heavy atom. The molecule has 0 bridgehead atoms. The number of rotatable bonds is 7. The van der Waals surface area contributed by atoms with E-state index in [1.54, 1.807) is 45.0 Å². The maximum Gasteiger partial charge on any atom is 0.356 e. The van der Waals surface area contributed by atoms with Gasteiger partial charge in [-0.1, -0.05) is 115 Å². The Morgan fingerprint density at radius 1 is 0.681 bits per heavy atom. The molecule has 1 fully saturated rings. The molecule has 8 nitrogen and oxygen atoms in total. The summed E-state index contributed by atoms with van der Waals surface area (Å²) >= 11 is 0.805. The molecule has 0 aromatic heterocycles. The minimum absolute atomic E-state index is 0.0626. The van der Waals surface area contributed by atoms with Crippen LogP contribution in [0.15, 0.2) is 115 Å². The van der Waals surface area contributed by atoms with Gasteiger partial charge in [-0.3, -0.25) is 29.0 Å². The fourth-order valence-electron chi connectivity index (χ4n) is 6.15. The Kier molecular flexibility index (Phi) is 8.55. The molecule has 0 radical (unpaired) electrons. The summed E-state index contributed by atoms with van der Waals surface area (Å²) in [4.78, 5) is 71.8. The Bertz CT molecular complexity index is 1820. The van der Waals surface area contributed by atoms with Crippen molar-refractivity contribution in [3.05, 3.63) is 126 Å². The summed E-state index contributed by atoms with van der Waals surface area (Å²) in [5, 5.41) is 0.909. The second-order valence-electron chi connectivity index (χ2n) is 12.2. The van der Waals surface area contributed by atoms with Crippen molar-refractivity contribution in [2.45, 2.75) is 44.7 Å². The summed E-state index contributed by atoms with van der Waals surface area (Å²) in [6, 6.07) is 33.5. The van der Waals surface area contributed by atoms with E-state index in [4.69, 9.17) is 4.74 Å². The molecule has 4 aromatic carbocycles. The van der Waals surface area contributed by atoms with Crippen molar-refractivity contribution in [1.82, 2.24) is 9.80 Å². The molecule has 0 unspecified atom stereocenters. The summed E-state index contributed by atoms with van der Waals surface area (Å²) in [5.74, 6) is -2.62. The van der Waals surface area contributed by atoms with Crippen LogP contribution in [0.2, 0.25) is 0 Å². The minimum atomic E-state index is -3.26. The van der Waals surface area contributed by atoms with E-state index in [-0.39, 0.29) is 21.7 Å². The minimum Gasteiger partial charge on any atom is -0.455 e. The number of hydrogen-bond acceptors (Lipinski definition) is 7. The normalized spacial score (nSPS) is 17.7. The van der Waals surface area contributed by atoms with Crippen LogP contribution in [-0.4, -0.2) is 61.0 Å². The molecule has 2 aliphatic heterocycles. The molecule has 0 saturated carbocycles. The topological polar surface area (TPSA) is 101 Å². The Morgan fingerprint density at radius 3 is 1.47 bits per heavy atom. The molecule has 0 spiro atoms. The van der Waals surface area contributed by atoms with Gasteiger partial charge in [-0.25, -0.2) is 4.79 Å². The predicted octanol–water partition coefficient (Wildman–Crippen LogP) is 4.56. The average molecular weight is 665 g/mol. The van der Waals surface area contributed by atoms with Crippen LogP contribution in [0.25, 0.3) is 0 Å². The molecule has 2 aliphatic rings. The van der Waals surface area contributed by atoms with Crippen molar-refractivity contribution in [3.8, 4) is 0 Å². The molecule has 6 rings (SSSR count). The van der Waals surface area contributed by atoms with Gasteiger partial charge in [-0.2, -0.15) is 0 Å². The standard InChI is InChI=1S/C37H33N2O6PS/c1-24(40)47-35-30(38-31(41)28-22-14-15-23-29(28)32(38)42)33(43)39(35)34(36(44)45-37(2,3)4)46(25-16-8-5-9-17-25,26-18-10-6-11-19-26)27-20-12-7-13-21-27/h5-23,30,35H,1-4H3/t30-,35-/m1/s1. The number of likely N-dealkylation sites (tertiary alicyclic amines) is 1. The van der Waals surface area contributed by atoms with Gasteiger partial charge in [0.05, 0.1) is 11.1 Å². The molecule has 3 amide bonds. The summed E-state index contributed by atoms with van der Waals surface area (Å²) in [6.45, 7) is 3.34. The lowest BCUT2D eigenvalue weighted by Crippen LogP contribution is -2.73. The van der Waals surface area contributed by atoms with E-state index in [1.807, 2.05) is 91.0 Å². The maximum atomic E-state index is 14.8. The molecule has 0 N–H and O–H groups in total. The highest BCUT2D eigenvalue weighted by Gasteiger charge is 2.60. The van der Waals surface area contributed by atoms with Crippen molar-refractivity contribution in [2.24, 2.45) is 0 Å². The molecule has 238 valence electrons. The largest absolute Gasteiger partial charge is 0.455 e. The van der Waals surface area contributed by atoms with Gasteiger partial charge in [0.1, 0.15) is 22.4 Å². The van der Waals surface area contributed by atoms with Crippen LogP contribution in [0, 0.1) is 0 Å². The number of imide groups is 1. The van der Waals surface area contributed by atoms with Crippen LogP contribution in [-0.2, 0) is 19.1 Å². The maximum absolute atomic E-state index is 14.8. The van der Waals surface area contributed by atoms with Crippen LogP contribution in [0.5, 0.6) is 0 Å². The van der Waals surface area contributed by atoms with Gasteiger partial charge in [-0.05, 0) is 48.8 Å². The molecular formula is C37H33N2O6PS. The number of β-lactam (4-membered cyclic amide) rings is 1. The van der Waals surface area contributed by atoms with E-state index in [2.05, 4.69) is 0 Å². The van der Waals surface area contributed by atoms with Gasteiger partial charge in [0.25, 0.3) is 17.7 Å². The van der Waals surface area contributed by atoms with Crippen LogP contribution in [0.3, 0.4) is 0 Å². The zero-order valence-electron chi connectivity index (χ0n) is 26.3. The zero-order valence-corrected chi connectivity index (χ0v) is 28.0. The smallest absolute Gasteiger partial charge is 0.356 e. The first-order chi connectivity index (χ1) is 22.5.